The zero-order valence-electron chi connectivity index (χ0n) is 17.2. The molecule has 1 aliphatic heterocycles. The number of benzene rings is 1. The molecule has 3 rings (SSSR count). The van der Waals surface area contributed by atoms with Crippen LogP contribution in [0.1, 0.15) is 12.0 Å². The van der Waals surface area contributed by atoms with Crippen molar-refractivity contribution in [2.45, 2.75) is 13.0 Å². The summed E-state index contributed by atoms with van der Waals surface area (Å²) in [5.41, 5.74) is 2.41. The van der Waals surface area contributed by atoms with Crippen LogP contribution in [0, 0.1) is 5.92 Å². The van der Waals surface area contributed by atoms with Gasteiger partial charge in [-0.3, -0.25) is 0 Å². The largest absolute Gasteiger partial charge is 0.495 e. The quantitative estimate of drug-likeness (QED) is 0.680. The lowest BCUT2D eigenvalue weighted by molar-refractivity contribution is 0.206. The van der Waals surface area contributed by atoms with E-state index in [9.17, 15) is 0 Å². The Morgan fingerprint density at radius 2 is 2.07 bits per heavy atom. The van der Waals surface area contributed by atoms with Gasteiger partial charge in [0.2, 0.25) is 0 Å². The van der Waals surface area contributed by atoms with Crippen molar-refractivity contribution in [2.24, 2.45) is 5.92 Å². The van der Waals surface area contributed by atoms with Crippen molar-refractivity contribution in [1.82, 2.24) is 10.3 Å². The Morgan fingerprint density at radius 1 is 1.21 bits per heavy atom. The van der Waals surface area contributed by atoms with E-state index in [-0.39, 0.29) is 0 Å². The Hall–Kier alpha value is -2.31. The molecular weight excluding hydrogens is 352 g/mol. The first kappa shape index (κ1) is 20.4. The molecule has 2 heterocycles. The van der Waals surface area contributed by atoms with Crippen LogP contribution in [0.5, 0.6) is 5.75 Å². The third-order valence-corrected chi connectivity index (χ3v) is 5.30. The van der Waals surface area contributed by atoms with Gasteiger partial charge < -0.3 is 24.6 Å². The van der Waals surface area contributed by atoms with Gasteiger partial charge in [0.05, 0.1) is 19.4 Å². The molecule has 0 aliphatic carbocycles. The molecule has 0 spiro atoms. The molecule has 0 radical (unpaired) electrons. The van der Waals surface area contributed by atoms with Gasteiger partial charge >= 0.3 is 0 Å². The number of likely N-dealkylation sites (N-methyl/N-ethyl adjacent to an activating group) is 1. The Bertz CT molecular complexity index is 723. The summed E-state index contributed by atoms with van der Waals surface area (Å²) in [5.74, 6) is 2.58. The van der Waals surface area contributed by atoms with Crippen molar-refractivity contribution in [2.75, 3.05) is 63.9 Å². The molecule has 1 fully saturated rings. The van der Waals surface area contributed by atoms with Crippen LogP contribution >= 0.6 is 0 Å². The van der Waals surface area contributed by atoms with Crippen LogP contribution in [0.3, 0.4) is 0 Å². The van der Waals surface area contributed by atoms with Crippen LogP contribution in [0.2, 0.25) is 0 Å². The topological polar surface area (TPSA) is 49.9 Å². The molecular formula is C22H32N4O2. The highest BCUT2D eigenvalue weighted by Crippen LogP contribution is 2.31. The normalized spacial score (nSPS) is 16.4. The second-order valence-electron chi connectivity index (χ2n) is 7.34. The van der Waals surface area contributed by atoms with Crippen LogP contribution in [0.15, 0.2) is 42.6 Å². The number of ether oxygens (including phenoxy) is 2. The van der Waals surface area contributed by atoms with Gasteiger partial charge in [-0.2, -0.15) is 0 Å². The molecule has 152 valence electrons. The number of rotatable bonds is 10. The van der Waals surface area contributed by atoms with Gasteiger partial charge in [-0.15, -0.1) is 0 Å². The summed E-state index contributed by atoms with van der Waals surface area (Å²) in [5, 5.41) is 3.60. The average molecular weight is 385 g/mol. The smallest absolute Gasteiger partial charge is 0.142 e. The summed E-state index contributed by atoms with van der Waals surface area (Å²) in [6, 6.07) is 12.5. The molecule has 28 heavy (non-hydrogen) atoms. The van der Waals surface area contributed by atoms with Crippen LogP contribution in [0.4, 0.5) is 11.5 Å². The number of pyridine rings is 1. The highest BCUT2D eigenvalue weighted by atomic mass is 16.5. The van der Waals surface area contributed by atoms with Crippen molar-refractivity contribution in [3.8, 4) is 5.75 Å². The lowest BCUT2D eigenvalue weighted by Crippen LogP contribution is -2.26. The zero-order chi connectivity index (χ0) is 19.8. The maximum atomic E-state index is 5.51. The van der Waals surface area contributed by atoms with E-state index in [0.29, 0.717) is 12.5 Å². The molecule has 1 N–H and O–H groups in total. The molecule has 6 heteroatoms. The summed E-state index contributed by atoms with van der Waals surface area (Å²) in [7, 11) is 5.49. The summed E-state index contributed by atoms with van der Waals surface area (Å²) < 4.78 is 10.6. The maximum absolute atomic E-state index is 5.51. The molecule has 1 atom stereocenters. The van der Waals surface area contributed by atoms with Gasteiger partial charge in [0.25, 0.3) is 0 Å². The highest BCUT2D eigenvalue weighted by Gasteiger charge is 2.24. The molecule has 1 aromatic heterocycles. The van der Waals surface area contributed by atoms with Crippen molar-refractivity contribution in [3.63, 3.8) is 0 Å². The zero-order valence-corrected chi connectivity index (χ0v) is 17.2. The predicted octanol–water partition coefficient (Wildman–Crippen LogP) is 2.79. The lowest BCUT2D eigenvalue weighted by atomic mass is 10.1. The summed E-state index contributed by atoms with van der Waals surface area (Å²) in [4.78, 5) is 9.09. The second kappa shape index (κ2) is 10.3. The fourth-order valence-electron chi connectivity index (χ4n) is 3.62. The average Bonchev–Trinajstić information content (AvgIpc) is 3.21. The fraction of sp³-hybridized carbons (Fsp3) is 0.500. The van der Waals surface area contributed by atoms with Crippen LogP contribution in [-0.4, -0.2) is 59.0 Å². The Kier molecular flexibility index (Phi) is 7.51. The van der Waals surface area contributed by atoms with Crippen LogP contribution in [0.25, 0.3) is 0 Å². The number of nitrogens with one attached hydrogen (secondary N) is 1. The van der Waals surface area contributed by atoms with Gasteiger partial charge in [-0.1, -0.05) is 18.2 Å². The summed E-state index contributed by atoms with van der Waals surface area (Å²) in [6.45, 7) is 5.55. The molecule has 0 bridgehead atoms. The van der Waals surface area contributed by atoms with E-state index in [2.05, 4.69) is 44.4 Å². The first-order valence-corrected chi connectivity index (χ1v) is 9.95. The standard InChI is InChI=1S/C22H32N4O2/c1-25(12-13-27-2)22-9-8-18(16-24-22)14-23-15-19-10-11-26(17-19)20-6-4-5-7-21(20)28-3/h4-9,16,19,23H,10-15,17H2,1-3H3/t19-/m0/s1. The number of nitrogens with zero attached hydrogens (tertiary/aromatic N) is 3. The second-order valence-corrected chi connectivity index (χ2v) is 7.34. The Balaban J connectivity index is 1.43. The molecule has 0 unspecified atom stereocenters. The van der Waals surface area contributed by atoms with Gasteiger partial charge in [-0.25, -0.2) is 4.98 Å². The van der Waals surface area contributed by atoms with E-state index >= 15 is 0 Å². The van der Waals surface area contributed by atoms with Crippen molar-refractivity contribution in [1.29, 1.82) is 0 Å². The monoisotopic (exact) mass is 384 g/mol. The van der Waals surface area contributed by atoms with E-state index in [1.807, 2.05) is 25.4 Å². The van der Waals surface area contributed by atoms with Gasteiger partial charge in [0.1, 0.15) is 11.6 Å². The number of para-hydroxylation sites is 2. The van der Waals surface area contributed by atoms with Crippen LogP contribution in [-0.2, 0) is 11.3 Å². The van der Waals surface area contributed by atoms with Gasteiger partial charge in [-0.05, 0) is 36.1 Å². The number of anilines is 2. The van der Waals surface area contributed by atoms with Crippen LogP contribution < -0.4 is 19.9 Å². The van der Waals surface area contributed by atoms with E-state index < -0.39 is 0 Å². The van der Waals surface area contributed by atoms with E-state index in [0.717, 1.165) is 44.3 Å². The molecule has 0 amide bonds. The summed E-state index contributed by atoms with van der Waals surface area (Å²) >= 11 is 0. The molecule has 6 nitrogen and oxygen atoms in total. The van der Waals surface area contributed by atoms with Gasteiger partial charge in [0.15, 0.2) is 0 Å². The first-order chi connectivity index (χ1) is 13.7. The Labute approximate surface area is 168 Å². The number of hydrogen-bond donors (Lipinski definition) is 1. The minimum atomic E-state index is 0.650. The summed E-state index contributed by atoms with van der Waals surface area (Å²) in [6.07, 6.45) is 3.16. The van der Waals surface area contributed by atoms with E-state index in [4.69, 9.17) is 9.47 Å². The molecule has 1 saturated heterocycles. The minimum absolute atomic E-state index is 0.650. The van der Waals surface area contributed by atoms with E-state index in [1.165, 1.54) is 17.7 Å². The van der Waals surface area contributed by atoms with Gasteiger partial charge in [0, 0.05) is 53.1 Å². The lowest BCUT2D eigenvalue weighted by Gasteiger charge is -2.21. The maximum Gasteiger partial charge on any atom is 0.142 e. The molecule has 0 saturated carbocycles. The third-order valence-electron chi connectivity index (χ3n) is 5.30. The number of methoxy groups -OCH3 is 2. The third kappa shape index (κ3) is 5.36. The number of aromatic nitrogens is 1. The van der Waals surface area contributed by atoms with Crippen molar-refractivity contribution < 1.29 is 9.47 Å². The fourth-order valence-corrected chi connectivity index (χ4v) is 3.62. The van der Waals surface area contributed by atoms with E-state index in [1.54, 1.807) is 14.2 Å². The van der Waals surface area contributed by atoms with Crippen molar-refractivity contribution >= 4 is 11.5 Å². The molecule has 1 aliphatic rings. The highest BCUT2D eigenvalue weighted by molar-refractivity contribution is 5.59. The predicted molar refractivity (Wildman–Crippen MR) is 114 cm³/mol. The molecule has 2 aromatic rings. The first-order valence-electron chi connectivity index (χ1n) is 9.95. The van der Waals surface area contributed by atoms with Crippen molar-refractivity contribution in [3.05, 3.63) is 48.2 Å². The minimum Gasteiger partial charge on any atom is -0.495 e. The molecule has 1 aromatic carbocycles. The number of hydrogen-bond acceptors (Lipinski definition) is 6. The Morgan fingerprint density at radius 3 is 2.82 bits per heavy atom. The SMILES string of the molecule is COCCN(C)c1ccc(CNC[C@@H]2CCN(c3ccccc3OC)C2)cn1.